The minimum Gasteiger partial charge on any atom is -0.496 e. The van der Waals surface area contributed by atoms with Crippen LogP contribution in [0.2, 0.25) is 0 Å². The van der Waals surface area contributed by atoms with Crippen molar-refractivity contribution in [2.24, 2.45) is 0 Å². The zero-order valence-electron chi connectivity index (χ0n) is 50.6. The van der Waals surface area contributed by atoms with Crippen LogP contribution in [0.5, 0.6) is 11.5 Å². The number of nitrogens with zero attached hydrogens (tertiary/aromatic N) is 6. The lowest BCUT2D eigenvalue weighted by atomic mass is 9.95. The summed E-state index contributed by atoms with van der Waals surface area (Å²) in [7, 11) is -8.26. The molecule has 2 aliphatic heterocycles. The van der Waals surface area contributed by atoms with Crippen LogP contribution in [0.3, 0.4) is 0 Å². The number of aromatic nitrogens is 4. The van der Waals surface area contributed by atoms with Gasteiger partial charge in [-0.1, -0.05) is 133 Å². The fourth-order valence-electron chi connectivity index (χ4n) is 10.5. The van der Waals surface area contributed by atoms with Gasteiger partial charge >= 0.3 is 33.3 Å². The van der Waals surface area contributed by atoms with Gasteiger partial charge in [0, 0.05) is 28.7 Å². The number of hydrogen-bond acceptors (Lipinski definition) is 22. The number of carbonyl (C=O) groups excluding carboxylic acids is 5. The first-order valence-electron chi connectivity index (χ1n) is 29.5. The molecule has 2 aliphatic rings. The topological polar surface area (TPSA) is 292 Å². The molecule has 94 heavy (non-hydrogen) atoms. The molecule has 24 nitrogen and oxygen atoms in total. The number of methoxy groups -OCH3 is 1. The average Bonchev–Trinajstić information content (AvgIpc) is 0.931. The van der Waals surface area contributed by atoms with Gasteiger partial charge in [0.05, 0.1) is 63.5 Å². The molecule has 2 amide bonds. The van der Waals surface area contributed by atoms with Gasteiger partial charge in [-0.05, 0) is 72.1 Å². The molecular weight excluding hydrogens is 1250 g/mol. The third-order valence-electron chi connectivity index (χ3n) is 15.1. The van der Waals surface area contributed by atoms with Gasteiger partial charge in [0.15, 0.2) is 41.8 Å². The maximum Gasteiger partial charge on any atom is 0.475 e. The number of anilines is 1. The molecule has 1 fully saturated rings. The van der Waals surface area contributed by atoms with Crippen molar-refractivity contribution < 1.29 is 84.1 Å². The lowest BCUT2D eigenvalue weighted by Crippen LogP contribution is -2.41. The number of cyclic esters (lactones) is 1. The lowest BCUT2D eigenvalue weighted by molar-refractivity contribution is -0.0554. The van der Waals surface area contributed by atoms with Crippen LogP contribution in [-0.2, 0) is 76.9 Å². The number of carbonyl (C=O) groups is 5. The predicted molar refractivity (Wildman–Crippen MR) is 336 cm³/mol. The minimum absolute atomic E-state index is 0.0180. The highest BCUT2D eigenvalue weighted by molar-refractivity contribution is 7.55. The van der Waals surface area contributed by atoms with Gasteiger partial charge in [-0.25, -0.2) is 38.8 Å². The average molecular weight is 1310 g/mol. The molecule has 0 spiro atoms. The quantitative estimate of drug-likeness (QED) is 0.0145. The molecule has 0 N–H and O–H groups in total. The van der Waals surface area contributed by atoms with Crippen molar-refractivity contribution in [2.45, 2.75) is 64.1 Å². The maximum absolute atomic E-state index is 15.3. The SMILES string of the molecule is COc1c(C)c2c(c(OCc3ccccc3)c1CCOP(=O)(OCc1ccccc1)OCP(=O)(OCCC#N)OC[C@H]1O[C@@H](n3cnc4c(N(C(=O)c5ccccc5)C(=O)c5ccccc5)ncnc43)[C@H](OC(=O)c3ccccc3)[C@@H]1OC(=O)c1ccccc1)C(=O)OC2. The van der Waals surface area contributed by atoms with Crippen LogP contribution in [0, 0.1) is 18.3 Å². The molecule has 9 aromatic rings. The summed E-state index contributed by atoms with van der Waals surface area (Å²) in [5.41, 5.74) is 3.37. The van der Waals surface area contributed by atoms with E-state index in [2.05, 4.69) is 15.0 Å². The Morgan fingerprint density at radius 3 is 1.78 bits per heavy atom. The van der Waals surface area contributed by atoms with Crippen molar-refractivity contribution in [3.05, 3.63) is 250 Å². The smallest absolute Gasteiger partial charge is 0.475 e. The number of rotatable bonds is 28. The van der Waals surface area contributed by atoms with Crippen LogP contribution in [0.25, 0.3) is 11.2 Å². The lowest BCUT2D eigenvalue weighted by Gasteiger charge is -2.26. The molecule has 4 heterocycles. The molecule has 2 unspecified atom stereocenters. The number of benzene rings is 7. The summed E-state index contributed by atoms with van der Waals surface area (Å²) in [4.78, 5) is 85.4. The van der Waals surface area contributed by atoms with Gasteiger partial charge in [0.1, 0.15) is 42.7 Å². The van der Waals surface area contributed by atoms with E-state index in [0.717, 1.165) is 16.8 Å². The second-order valence-electron chi connectivity index (χ2n) is 21.1. The van der Waals surface area contributed by atoms with Gasteiger partial charge in [-0.3, -0.25) is 32.3 Å². The number of hydrogen-bond donors (Lipinski definition) is 0. The van der Waals surface area contributed by atoms with Crippen molar-refractivity contribution in [3.8, 4) is 17.6 Å². The maximum atomic E-state index is 15.3. The standard InChI is InChI=1S/C68H60N6O18P2/c1-45-53-40-84-68(79)55(53)58(83-38-46-22-9-3-10-23-46)52(57(45)82-2)34-37-86-94(81,88-39-47-24-11-4-12-25-47)89-44-93(80,85-36-21-35-69)87-41-54-59(91-66(77)50-30-17-7-18-31-50)60(92-67(78)51-32-19-8-20-33-51)65(90-54)73-43-72-56-61(73)70-42-71-62(56)74(63(75)48-26-13-5-14-27-48)64(76)49-28-15-6-16-29-49/h3-20,22-33,42-43,54,59-60,65H,21,34,36-41,44H2,1-2H3/t54-,59-,60-,65-,93?,94?/m1/s1. The Kier molecular flexibility index (Phi) is 21.0. The Bertz CT molecular complexity index is 4270. The number of amides is 2. The van der Waals surface area contributed by atoms with Gasteiger partial charge in [0.2, 0.25) is 0 Å². The Hall–Kier alpha value is -10.1. The van der Waals surface area contributed by atoms with Crippen LogP contribution in [0.4, 0.5) is 5.82 Å². The number of phosphoric acid groups is 1. The number of imidazole rings is 1. The molecule has 7 aromatic carbocycles. The zero-order chi connectivity index (χ0) is 65.6. The zero-order valence-corrected chi connectivity index (χ0v) is 52.4. The molecule has 26 heteroatoms. The van der Waals surface area contributed by atoms with E-state index >= 15 is 9.13 Å². The monoisotopic (exact) mass is 1310 g/mol. The van der Waals surface area contributed by atoms with E-state index < -0.39 is 95.8 Å². The van der Waals surface area contributed by atoms with E-state index in [1.54, 1.807) is 110 Å². The van der Waals surface area contributed by atoms with Gasteiger partial charge in [0.25, 0.3) is 11.8 Å². The molecule has 0 radical (unpaired) electrons. The predicted octanol–water partition coefficient (Wildman–Crippen LogP) is 11.9. The fourth-order valence-corrected chi connectivity index (χ4v) is 13.4. The van der Waals surface area contributed by atoms with Crippen LogP contribution in [0.1, 0.15) is 92.3 Å². The first kappa shape index (κ1) is 65.4. The molecular formula is C68H60N6O18P2. The van der Waals surface area contributed by atoms with Crippen molar-refractivity contribution >= 4 is 62.1 Å². The number of nitriles is 1. The summed E-state index contributed by atoms with van der Waals surface area (Å²) in [6, 6.07) is 51.6. The molecule has 0 aliphatic carbocycles. The first-order valence-corrected chi connectivity index (χ1v) is 32.7. The molecule has 480 valence electrons. The van der Waals surface area contributed by atoms with E-state index in [1.165, 1.54) is 66.5 Å². The molecule has 11 rings (SSSR count). The molecule has 0 bridgehead atoms. The highest BCUT2D eigenvalue weighted by Gasteiger charge is 2.53. The van der Waals surface area contributed by atoms with Gasteiger partial charge in [-0.2, -0.15) is 5.26 Å². The fraction of sp³-hybridized carbons (Fsp3) is 0.221. The Morgan fingerprint density at radius 1 is 0.649 bits per heavy atom. The van der Waals surface area contributed by atoms with E-state index in [4.69, 9.17) is 51.0 Å². The first-order chi connectivity index (χ1) is 45.7. The third kappa shape index (κ3) is 15.0. The number of fused-ring (bicyclic) bond motifs is 2. The van der Waals surface area contributed by atoms with E-state index in [9.17, 15) is 29.2 Å². The summed E-state index contributed by atoms with van der Waals surface area (Å²) in [6.45, 7) is -0.304. The van der Waals surface area contributed by atoms with E-state index in [1.807, 2.05) is 36.4 Å². The van der Waals surface area contributed by atoms with E-state index in [-0.39, 0.29) is 83.2 Å². The largest absolute Gasteiger partial charge is 0.496 e. The van der Waals surface area contributed by atoms with Crippen LogP contribution >= 0.6 is 15.4 Å². The summed E-state index contributed by atoms with van der Waals surface area (Å²) in [6.07, 6.45) is -5.67. The van der Waals surface area contributed by atoms with Gasteiger partial charge < -0.3 is 37.5 Å². The summed E-state index contributed by atoms with van der Waals surface area (Å²) < 4.78 is 98.6. The summed E-state index contributed by atoms with van der Waals surface area (Å²) in [5, 5.41) is 9.64. The van der Waals surface area contributed by atoms with Crippen molar-refractivity contribution in [1.82, 2.24) is 19.5 Å². The van der Waals surface area contributed by atoms with Crippen molar-refractivity contribution in [3.63, 3.8) is 0 Å². The summed E-state index contributed by atoms with van der Waals surface area (Å²) >= 11 is 0. The van der Waals surface area contributed by atoms with Crippen LogP contribution < -0.4 is 14.4 Å². The number of phosphoric ester groups is 1. The second kappa shape index (κ2) is 30.1. The Morgan fingerprint density at radius 2 is 1.20 bits per heavy atom. The van der Waals surface area contributed by atoms with Crippen molar-refractivity contribution in [1.29, 1.82) is 5.26 Å². The minimum atomic E-state index is -4.89. The molecule has 2 aromatic heterocycles. The number of esters is 3. The third-order valence-corrected chi connectivity index (χ3v) is 18.2. The Balaban J connectivity index is 0.925. The highest BCUT2D eigenvalue weighted by atomic mass is 31.2. The highest BCUT2D eigenvalue weighted by Crippen LogP contribution is 2.58. The van der Waals surface area contributed by atoms with Gasteiger partial charge in [-0.15, -0.1) is 0 Å². The van der Waals surface area contributed by atoms with Crippen LogP contribution in [0.15, 0.2) is 195 Å². The number of ether oxygens (including phenoxy) is 6. The summed E-state index contributed by atoms with van der Waals surface area (Å²) in [5.74, 6) is -3.65. The Labute approximate surface area is 538 Å². The van der Waals surface area contributed by atoms with Crippen LogP contribution in [-0.4, -0.2) is 101 Å². The second-order valence-corrected chi connectivity index (χ2v) is 24.8. The van der Waals surface area contributed by atoms with E-state index in [0.29, 0.717) is 28.0 Å². The number of imide groups is 1. The molecule has 6 atom stereocenters. The van der Waals surface area contributed by atoms with Crippen molar-refractivity contribution in [2.75, 3.05) is 38.2 Å². The molecule has 1 saturated heterocycles. The molecule has 0 saturated carbocycles. The normalized spacial score (nSPS) is 17.0.